The summed E-state index contributed by atoms with van der Waals surface area (Å²) in [5, 5.41) is 4.32. The minimum Gasteiger partial charge on any atom is -0.368 e. The van der Waals surface area contributed by atoms with Crippen molar-refractivity contribution in [2.24, 2.45) is 0 Å². The molecule has 1 aliphatic heterocycles. The average Bonchev–Trinajstić information content (AvgIpc) is 3.05. The Labute approximate surface area is 148 Å². The van der Waals surface area contributed by atoms with E-state index in [1.54, 1.807) is 0 Å². The summed E-state index contributed by atoms with van der Waals surface area (Å²) in [6, 6.07) is 7.83. The van der Waals surface area contributed by atoms with Crippen molar-refractivity contribution in [3.05, 3.63) is 41.9 Å². The molecule has 1 atom stereocenters. The quantitative estimate of drug-likeness (QED) is 0.826. The SMILES string of the molecule is Cc1ccn(CCC(=O)N2CCO[C@H](c3cccc(N(C)C)n3)C2)n1. The van der Waals surface area contributed by atoms with Gasteiger partial charge in [0.25, 0.3) is 0 Å². The van der Waals surface area contributed by atoms with E-state index >= 15 is 0 Å². The maximum atomic E-state index is 12.5. The van der Waals surface area contributed by atoms with Gasteiger partial charge in [-0.05, 0) is 25.1 Å². The molecule has 0 radical (unpaired) electrons. The van der Waals surface area contributed by atoms with Crippen molar-refractivity contribution < 1.29 is 9.53 Å². The highest BCUT2D eigenvalue weighted by molar-refractivity contribution is 5.76. The number of hydrogen-bond acceptors (Lipinski definition) is 5. The standard InChI is InChI=1S/C18H25N5O2/c1-14-7-9-23(20-14)10-8-18(24)22-11-12-25-16(13-22)15-5-4-6-17(19-15)21(2)3/h4-7,9,16H,8,10-13H2,1-3H3/t16-/m0/s1. The van der Waals surface area contributed by atoms with Crippen LogP contribution < -0.4 is 4.90 Å². The van der Waals surface area contributed by atoms with Gasteiger partial charge in [-0.15, -0.1) is 0 Å². The zero-order chi connectivity index (χ0) is 17.8. The van der Waals surface area contributed by atoms with Crippen molar-refractivity contribution in [3.8, 4) is 0 Å². The third kappa shape index (κ3) is 4.36. The molecule has 7 heteroatoms. The molecule has 7 nitrogen and oxygen atoms in total. The molecule has 2 aromatic rings. The van der Waals surface area contributed by atoms with Crippen LogP contribution in [0.4, 0.5) is 5.82 Å². The van der Waals surface area contributed by atoms with Crippen molar-refractivity contribution in [2.75, 3.05) is 38.7 Å². The molecule has 2 aromatic heterocycles. The molecule has 3 rings (SSSR count). The molecule has 0 bridgehead atoms. The second-order valence-electron chi connectivity index (χ2n) is 6.48. The molecule has 1 aliphatic rings. The maximum absolute atomic E-state index is 12.5. The molecule has 134 valence electrons. The Balaban J connectivity index is 1.60. The first-order chi connectivity index (χ1) is 12.0. The molecule has 0 unspecified atom stereocenters. The monoisotopic (exact) mass is 343 g/mol. The lowest BCUT2D eigenvalue weighted by Gasteiger charge is -2.33. The minimum atomic E-state index is -0.176. The van der Waals surface area contributed by atoms with E-state index in [-0.39, 0.29) is 12.0 Å². The van der Waals surface area contributed by atoms with Crippen LogP contribution in [0.25, 0.3) is 0 Å². The number of hydrogen-bond donors (Lipinski definition) is 0. The number of aromatic nitrogens is 3. The van der Waals surface area contributed by atoms with E-state index in [4.69, 9.17) is 4.74 Å². The topological polar surface area (TPSA) is 63.5 Å². The van der Waals surface area contributed by atoms with E-state index < -0.39 is 0 Å². The van der Waals surface area contributed by atoms with Crippen molar-refractivity contribution in [2.45, 2.75) is 26.0 Å². The van der Waals surface area contributed by atoms with Gasteiger partial charge in [-0.25, -0.2) is 4.98 Å². The normalized spacial score (nSPS) is 17.6. The molecule has 0 aromatic carbocycles. The van der Waals surface area contributed by atoms with E-state index in [0.717, 1.165) is 17.2 Å². The van der Waals surface area contributed by atoms with Gasteiger partial charge in [0, 0.05) is 39.8 Å². The van der Waals surface area contributed by atoms with Gasteiger partial charge in [0.2, 0.25) is 5.91 Å². The van der Waals surface area contributed by atoms with Crippen LogP contribution >= 0.6 is 0 Å². The number of aryl methyl sites for hydroxylation is 2. The number of nitrogens with zero attached hydrogens (tertiary/aromatic N) is 5. The van der Waals surface area contributed by atoms with Gasteiger partial charge in [-0.2, -0.15) is 5.10 Å². The Morgan fingerprint density at radius 2 is 2.20 bits per heavy atom. The predicted octanol–water partition coefficient (Wildman–Crippen LogP) is 1.64. The van der Waals surface area contributed by atoms with Crippen LogP contribution in [0.1, 0.15) is 23.9 Å². The number of amides is 1. The number of pyridine rings is 1. The van der Waals surface area contributed by atoms with Gasteiger partial charge in [0.1, 0.15) is 11.9 Å². The van der Waals surface area contributed by atoms with Gasteiger partial charge in [0.15, 0.2) is 0 Å². The number of ether oxygens (including phenoxy) is 1. The van der Waals surface area contributed by atoms with Gasteiger partial charge in [-0.3, -0.25) is 9.48 Å². The van der Waals surface area contributed by atoms with Gasteiger partial charge >= 0.3 is 0 Å². The van der Waals surface area contributed by atoms with E-state index in [2.05, 4.69) is 10.1 Å². The zero-order valence-corrected chi connectivity index (χ0v) is 15.1. The Kier molecular flexibility index (Phi) is 5.33. The summed E-state index contributed by atoms with van der Waals surface area (Å²) in [6.45, 7) is 4.25. The van der Waals surface area contributed by atoms with Crippen LogP contribution in [-0.4, -0.2) is 59.4 Å². The van der Waals surface area contributed by atoms with E-state index in [0.29, 0.717) is 32.7 Å². The molecule has 3 heterocycles. The van der Waals surface area contributed by atoms with Crippen molar-refractivity contribution in [1.29, 1.82) is 0 Å². The van der Waals surface area contributed by atoms with Crippen molar-refractivity contribution in [3.63, 3.8) is 0 Å². The first kappa shape index (κ1) is 17.4. The molecule has 1 saturated heterocycles. The van der Waals surface area contributed by atoms with E-state index in [1.807, 2.05) is 66.0 Å². The van der Waals surface area contributed by atoms with Gasteiger partial charge in [0.05, 0.1) is 24.5 Å². The Bertz CT molecular complexity index is 728. The molecule has 0 spiro atoms. The van der Waals surface area contributed by atoms with Crippen LogP contribution in [0.15, 0.2) is 30.5 Å². The highest BCUT2D eigenvalue weighted by Gasteiger charge is 2.26. The number of morpholine rings is 1. The smallest absolute Gasteiger partial charge is 0.224 e. The summed E-state index contributed by atoms with van der Waals surface area (Å²) in [5.74, 6) is 1.02. The third-order valence-corrected chi connectivity index (χ3v) is 4.29. The summed E-state index contributed by atoms with van der Waals surface area (Å²) in [4.78, 5) is 21.0. The number of rotatable bonds is 5. The molecule has 0 N–H and O–H groups in total. The minimum absolute atomic E-state index is 0.130. The fraction of sp³-hybridized carbons (Fsp3) is 0.500. The summed E-state index contributed by atoms with van der Waals surface area (Å²) in [5.41, 5.74) is 1.83. The number of carbonyl (C=O) groups is 1. The second-order valence-corrected chi connectivity index (χ2v) is 6.48. The molecule has 0 aliphatic carbocycles. The molecule has 0 saturated carbocycles. The largest absolute Gasteiger partial charge is 0.368 e. The average molecular weight is 343 g/mol. The molecule has 1 fully saturated rings. The highest BCUT2D eigenvalue weighted by Crippen LogP contribution is 2.23. The summed E-state index contributed by atoms with van der Waals surface area (Å²) in [6.07, 6.45) is 2.17. The Morgan fingerprint density at radius 3 is 2.92 bits per heavy atom. The third-order valence-electron chi connectivity index (χ3n) is 4.29. The molecular formula is C18H25N5O2. The van der Waals surface area contributed by atoms with Crippen LogP contribution in [-0.2, 0) is 16.1 Å². The molecule has 25 heavy (non-hydrogen) atoms. The van der Waals surface area contributed by atoms with E-state index in [9.17, 15) is 4.79 Å². The van der Waals surface area contributed by atoms with Crippen LogP contribution in [0.5, 0.6) is 0 Å². The predicted molar refractivity (Wildman–Crippen MR) is 95.4 cm³/mol. The Hall–Kier alpha value is -2.41. The summed E-state index contributed by atoms with van der Waals surface area (Å²) >= 11 is 0. The first-order valence-electron chi connectivity index (χ1n) is 8.56. The number of carbonyl (C=O) groups excluding carboxylic acids is 1. The van der Waals surface area contributed by atoms with E-state index in [1.165, 1.54) is 0 Å². The summed E-state index contributed by atoms with van der Waals surface area (Å²) < 4.78 is 7.67. The van der Waals surface area contributed by atoms with Crippen LogP contribution in [0, 0.1) is 6.92 Å². The van der Waals surface area contributed by atoms with Crippen molar-refractivity contribution in [1.82, 2.24) is 19.7 Å². The second kappa shape index (κ2) is 7.65. The van der Waals surface area contributed by atoms with Crippen molar-refractivity contribution >= 4 is 11.7 Å². The lowest BCUT2D eigenvalue weighted by molar-refractivity contribution is -0.139. The lowest BCUT2D eigenvalue weighted by Crippen LogP contribution is -2.42. The fourth-order valence-corrected chi connectivity index (χ4v) is 2.88. The molecule has 1 amide bonds. The van der Waals surface area contributed by atoms with Gasteiger partial charge < -0.3 is 14.5 Å². The highest BCUT2D eigenvalue weighted by atomic mass is 16.5. The number of anilines is 1. The lowest BCUT2D eigenvalue weighted by atomic mass is 10.1. The fourth-order valence-electron chi connectivity index (χ4n) is 2.88. The zero-order valence-electron chi connectivity index (χ0n) is 15.1. The first-order valence-corrected chi connectivity index (χ1v) is 8.56. The Morgan fingerprint density at radius 1 is 1.36 bits per heavy atom. The summed E-state index contributed by atoms with van der Waals surface area (Å²) in [7, 11) is 3.92. The van der Waals surface area contributed by atoms with Crippen LogP contribution in [0.3, 0.4) is 0 Å². The van der Waals surface area contributed by atoms with Crippen LogP contribution in [0.2, 0.25) is 0 Å². The molecular weight excluding hydrogens is 318 g/mol. The maximum Gasteiger partial charge on any atom is 0.224 e. The van der Waals surface area contributed by atoms with Gasteiger partial charge in [-0.1, -0.05) is 6.07 Å².